The quantitative estimate of drug-likeness (QED) is 0.480. The van der Waals surface area contributed by atoms with Crippen LogP contribution in [0, 0.1) is 11.3 Å². The normalized spacial score (nSPS) is 23.0. The van der Waals surface area contributed by atoms with Crippen LogP contribution in [-0.2, 0) is 10.8 Å². The van der Waals surface area contributed by atoms with Crippen molar-refractivity contribution in [1.82, 2.24) is 0 Å². The maximum Gasteiger partial charge on any atom is 0.0121 e. The highest BCUT2D eigenvalue weighted by atomic mass is 14.5. The Balaban J connectivity index is 2.14. The summed E-state index contributed by atoms with van der Waals surface area (Å²) in [6.07, 6.45) is 3.73. The van der Waals surface area contributed by atoms with Crippen molar-refractivity contribution in [2.75, 3.05) is 0 Å². The van der Waals surface area contributed by atoms with Gasteiger partial charge < -0.3 is 0 Å². The van der Waals surface area contributed by atoms with Crippen LogP contribution in [0.3, 0.4) is 0 Å². The lowest BCUT2D eigenvalue weighted by atomic mass is 9.68. The third-order valence-electron chi connectivity index (χ3n) is 6.27. The van der Waals surface area contributed by atoms with Gasteiger partial charge in [0.15, 0.2) is 0 Å². The van der Waals surface area contributed by atoms with Gasteiger partial charge in [0.2, 0.25) is 0 Å². The third kappa shape index (κ3) is 2.59. The van der Waals surface area contributed by atoms with Crippen LogP contribution in [0.1, 0.15) is 85.4 Å². The second-order valence-corrected chi connectivity index (χ2v) is 10.5. The molecule has 0 amide bonds. The van der Waals surface area contributed by atoms with Gasteiger partial charge >= 0.3 is 0 Å². The Morgan fingerprint density at radius 2 is 1.62 bits per heavy atom. The molecule has 0 spiro atoms. The average molecular weight is 323 g/mol. The second-order valence-electron chi connectivity index (χ2n) is 10.5. The number of rotatable bonds is 0. The first-order chi connectivity index (χ1) is 10.8. The van der Waals surface area contributed by atoms with Crippen LogP contribution < -0.4 is 0 Å². The molecule has 0 N–H and O–H groups in total. The molecular weight excluding hydrogens is 288 g/mol. The van der Waals surface area contributed by atoms with Crippen LogP contribution >= 0.6 is 0 Å². The maximum absolute atomic E-state index is 2.53. The van der Waals surface area contributed by atoms with E-state index in [0.717, 1.165) is 0 Å². The van der Waals surface area contributed by atoms with Crippen molar-refractivity contribution in [3.63, 3.8) is 0 Å². The molecule has 0 radical (unpaired) electrons. The van der Waals surface area contributed by atoms with Gasteiger partial charge in [0, 0.05) is 5.41 Å². The van der Waals surface area contributed by atoms with Crippen molar-refractivity contribution in [3.05, 3.63) is 52.1 Å². The van der Waals surface area contributed by atoms with E-state index in [2.05, 4.69) is 86.6 Å². The highest BCUT2D eigenvalue weighted by Crippen LogP contribution is 2.55. The molecule has 0 saturated heterocycles. The monoisotopic (exact) mass is 322 g/mol. The fourth-order valence-corrected chi connectivity index (χ4v) is 4.41. The minimum atomic E-state index is 0.144. The van der Waals surface area contributed by atoms with Gasteiger partial charge in [-0.25, -0.2) is 0 Å². The number of fused-ring (bicyclic) bond motifs is 2. The molecule has 1 atom stereocenters. The molecule has 24 heavy (non-hydrogen) atoms. The number of hydrogen-bond acceptors (Lipinski definition) is 0. The molecule has 2 aliphatic rings. The Hall–Kier alpha value is -1.30. The molecule has 0 nitrogen and oxygen atoms in total. The topological polar surface area (TPSA) is 0 Å². The van der Waals surface area contributed by atoms with Crippen LogP contribution in [0.25, 0.3) is 5.57 Å². The summed E-state index contributed by atoms with van der Waals surface area (Å²) in [4.78, 5) is 0. The molecule has 0 saturated carbocycles. The minimum absolute atomic E-state index is 0.144. The number of allylic oxidation sites excluding steroid dienone is 4. The van der Waals surface area contributed by atoms with E-state index in [1.54, 1.807) is 5.57 Å². The van der Waals surface area contributed by atoms with E-state index in [0.29, 0.717) is 11.3 Å². The van der Waals surface area contributed by atoms with Gasteiger partial charge in [-0.2, -0.15) is 0 Å². The van der Waals surface area contributed by atoms with Gasteiger partial charge in [-0.1, -0.05) is 85.2 Å². The largest absolute Gasteiger partial charge is 0.0770 e. The summed E-state index contributed by atoms with van der Waals surface area (Å²) in [6.45, 7) is 21.2. The van der Waals surface area contributed by atoms with Crippen molar-refractivity contribution in [1.29, 1.82) is 0 Å². The van der Waals surface area contributed by atoms with E-state index in [9.17, 15) is 0 Å². The van der Waals surface area contributed by atoms with Crippen molar-refractivity contribution in [3.8, 4) is 0 Å². The lowest BCUT2D eigenvalue weighted by Gasteiger charge is -2.36. The fraction of sp³-hybridized carbons (Fsp3) is 0.583. The first-order valence-corrected chi connectivity index (χ1v) is 9.41. The van der Waals surface area contributed by atoms with Crippen molar-refractivity contribution < 1.29 is 0 Å². The van der Waals surface area contributed by atoms with E-state index in [-0.39, 0.29) is 10.8 Å². The predicted molar refractivity (Wildman–Crippen MR) is 106 cm³/mol. The first-order valence-electron chi connectivity index (χ1n) is 9.41. The maximum atomic E-state index is 2.53. The molecule has 0 heteroatoms. The summed E-state index contributed by atoms with van der Waals surface area (Å²) in [5.41, 5.74) is 9.79. The summed E-state index contributed by atoms with van der Waals surface area (Å²) in [7, 11) is 0. The van der Waals surface area contributed by atoms with E-state index < -0.39 is 0 Å². The molecule has 0 fully saturated rings. The summed E-state index contributed by atoms with van der Waals surface area (Å²) < 4.78 is 0. The molecule has 0 aromatic heterocycles. The van der Waals surface area contributed by atoms with E-state index in [1.165, 1.54) is 34.3 Å². The molecule has 1 aromatic carbocycles. The standard InChI is InChI=1S/C24H34/c1-15-12-17(23(5,6)7)14-20-21(15)18-11-10-16(22(2,3)4)13-19(18)24(20,8)9/h10-13,17H,14H2,1-9H3. The molecular formula is C24H34. The Kier molecular flexibility index (Phi) is 3.72. The average Bonchev–Trinajstić information content (AvgIpc) is 2.66. The fourth-order valence-electron chi connectivity index (χ4n) is 4.41. The number of benzene rings is 1. The Bertz CT molecular complexity index is 739. The van der Waals surface area contributed by atoms with Gasteiger partial charge in [-0.05, 0) is 57.9 Å². The van der Waals surface area contributed by atoms with Gasteiger partial charge in [0.25, 0.3) is 0 Å². The van der Waals surface area contributed by atoms with Crippen molar-refractivity contribution in [2.45, 2.75) is 79.6 Å². The summed E-state index contributed by atoms with van der Waals surface area (Å²) >= 11 is 0. The highest BCUT2D eigenvalue weighted by molar-refractivity contribution is 5.90. The molecule has 0 heterocycles. The zero-order chi connectivity index (χ0) is 18.1. The van der Waals surface area contributed by atoms with Crippen LogP contribution in [0.5, 0.6) is 0 Å². The zero-order valence-corrected chi connectivity index (χ0v) is 17.1. The Labute approximate surface area is 149 Å². The molecule has 1 aromatic rings. The van der Waals surface area contributed by atoms with E-state index >= 15 is 0 Å². The summed E-state index contributed by atoms with van der Waals surface area (Å²) in [5, 5.41) is 0. The summed E-state index contributed by atoms with van der Waals surface area (Å²) in [5.74, 6) is 0.631. The van der Waals surface area contributed by atoms with E-state index in [4.69, 9.17) is 0 Å². The van der Waals surface area contributed by atoms with E-state index in [1.807, 2.05) is 0 Å². The lowest BCUT2D eigenvalue weighted by molar-refractivity contribution is 0.282. The van der Waals surface area contributed by atoms with Gasteiger partial charge in [0.05, 0.1) is 0 Å². The van der Waals surface area contributed by atoms with Gasteiger partial charge in [-0.3, -0.25) is 0 Å². The Morgan fingerprint density at radius 1 is 1.00 bits per heavy atom. The zero-order valence-electron chi connectivity index (χ0n) is 17.1. The predicted octanol–water partition coefficient (Wildman–Crippen LogP) is 7.04. The molecule has 0 aliphatic heterocycles. The molecule has 2 aliphatic carbocycles. The van der Waals surface area contributed by atoms with Crippen LogP contribution in [0.2, 0.25) is 0 Å². The SMILES string of the molecule is CC1=CC(C(C)(C)C)CC2=C1c1ccc(C(C)(C)C)cc1C2(C)C. The van der Waals surface area contributed by atoms with Gasteiger partial charge in [0.1, 0.15) is 0 Å². The Morgan fingerprint density at radius 3 is 2.17 bits per heavy atom. The first kappa shape index (κ1) is 17.5. The smallest absolute Gasteiger partial charge is 0.0121 e. The van der Waals surface area contributed by atoms with Crippen molar-refractivity contribution in [2.24, 2.45) is 11.3 Å². The molecule has 1 unspecified atom stereocenters. The molecule has 130 valence electrons. The molecule has 0 bridgehead atoms. The third-order valence-corrected chi connectivity index (χ3v) is 6.27. The van der Waals surface area contributed by atoms with Crippen LogP contribution in [0.15, 0.2) is 35.4 Å². The summed E-state index contributed by atoms with van der Waals surface area (Å²) in [6, 6.07) is 7.20. The van der Waals surface area contributed by atoms with Crippen molar-refractivity contribution >= 4 is 5.57 Å². The lowest BCUT2D eigenvalue weighted by Crippen LogP contribution is -2.26. The van der Waals surface area contributed by atoms with Crippen LogP contribution in [0.4, 0.5) is 0 Å². The van der Waals surface area contributed by atoms with Gasteiger partial charge in [-0.15, -0.1) is 0 Å². The molecule has 3 rings (SSSR count). The second kappa shape index (κ2) is 5.10. The highest BCUT2D eigenvalue weighted by Gasteiger charge is 2.42. The minimum Gasteiger partial charge on any atom is -0.0770 e. The number of hydrogen-bond donors (Lipinski definition) is 0. The van der Waals surface area contributed by atoms with Crippen LogP contribution in [-0.4, -0.2) is 0 Å².